The van der Waals surface area contributed by atoms with E-state index in [1.54, 1.807) is 6.07 Å². The van der Waals surface area contributed by atoms with Gasteiger partial charge in [-0.1, -0.05) is 17.7 Å². The summed E-state index contributed by atoms with van der Waals surface area (Å²) in [7, 11) is 0. The van der Waals surface area contributed by atoms with Gasteiger partial charge in [0.05, 0.1) is 0 Å². The Morgan fingerprint density at radius 1 is 1.40 bits per heavy atom. The summed E-state index contributed by atoms with van der Waals surface area (Å²) in [5.41, 5.74) is 2.46. The Hall–Kier alpha value is -1.48. The summed E-state index contributed by atoms with van der Waals surface area (Å²) in [6.45, 7) is 3.80. The highest BCUT2D eigenvalue weighted by atomic mass is 35.5. The van der Waals surface area contributed by atoms with E-state index in [9.17, 15) is 4.79 Å². The van der Waals surface area contributed by atoms with Crippen molar-refractivity contribution in [3.8, 4) is 0 Å². The van der Waals surface area contributed by atoms with Gasteiger partial charge in [-0.25, -0.2) is 4.79 Å². The Labute approximate surface area is 91.3 Å². The Morgan fingerprint density at radius 3 is 2.67 bits per heavy atom. The zero-order valence-corrected chi connectivity index (χ0v) is 9.05. The number of benzene rings is 1. The number of fused-ring (bicyclic) bond motifs is 1. The van der Waals surface area contributed by atoms with Crippen molar-refractivity contribution in [2.75, 3.05) is 0 Å². The van der Waals surface area contributed by atoms with E-state index in [1.807, 2.05) is 19.9 Å². The second-order valence-corrected chi connectivity index (χ2v) is 3.88. The summed E-state index contributed by atoms with van der Waals surface area (Å²) in [5.74, 6) is -1.34. The molecule has 3 nitrogen and oxygen atoms in total. The number of aryl methyl sites for hydroxylation is 2. The smallest absolute Gasteiger partial charge is 0.373 e. The van der Waals surface area contributed by atoms with Gasteiger partial charge in [0.2, 0.25) is 5.76 Å². The number of hydrogen-bond acceptors (Lipinski definition) is 2. The number of aromatic carboxylic acids is 1. The average molecular weight is 225 g/mol. The molecule has 0 saturated carbocycles. The minimum atomic E-state index is -1.15. The van der Waals surface area contributed by atoms with Crippen molar-refractivity contribution in [1.29, 1.82) is 0 Å². The summed E-state index contributed by atoms with van der Waals surface area (Å²) in [6.07, 6.45) is 0. The molecule has 0 unspecified atom stereocenters. The first-order chi connectivity index (χ1) is 7.00. The van der Waals surface area contributed by atoms with Gasteiger partial charge in [0.25, 0.3) is 0 Å². The Kier molecular flexibility index (Phi) is 2.20. The van der Waals surface area contributed by atoms with E-state index in [2.05, 4.69) is 0 Å². The minimum absolute atomic E-state index is 0.176. The molecular formula is C11H9ClO3. The van der Waals surface area contributed by atoms with Crippen LogP contribution in [0.2, 0.25) is 5.02 Å². The van der Waals surface area contributed by atoms with Crippen molar-refractivity contribution in [1.82, 2.24) is 0 Å². The first kappa shape index (κ1) is 10.1. The average Bonchev–Trinajstić information content (AvgIpc) is 2.42. The molecule has 0 amide bonds. The van der Waals surface area contributed by atoms with Crippen molar-refractivity contribution in [3.63, 3.8) is 0 Å². The van der Waals surface area contributed by atoms with Gasteiger partial charge < -0.3 is 9.52 Å². The van der Waals surface area contributed by atoms with Gasteiger partial charge in [0.1, 0.15) is 10.6 Å². The number of carboxylic acid groups (broad SMARTS) is 1. The van der Waals surface area contributed by atoms with Gasteiger partial charge >= 0.3 is 5.97 Å². The Morgan fingerprint density at radius 2 is 2.07 bits per heavy atom. The number of hydrogen-bond donors (Lipinski definition) is 1. The van der Waals surface area contributed by atoms with Crippen LogP contribution in [0.25, 0.3) is 11.0 Å². The molecule has 1 aromatic carbocycles. The van der Waals surface area contributed by atoms with Crippen LogP contribution in [0.15, 0.2) is 16.5 Å². The van der Waals surface area contributed by atoms with Crippen LogP contribution in [0.5, 0.6) is 0 Å². The van der Waals surface area contributed by atoms with E-state index in [0.29, 0.717) is 11.0 Å². The van der Waals surface area contributed by atoms with Crippen molar-refractivity contribution in [2.45, 2.75) is 13.8 Å². The molecule has 0 fully saturated rings. The normalized spacial score (nSPS) is 10.9. The van der Waals surface area contributed by atoms with Crippen LogP contribution in [0, 0.1) is 13.8 Å². The van der Waals surface area contributed by atoms with Crippen molar-refractivity contribution < 1.29 is 14.3 Å². The number of furan rings is 1. The largest absolute Gasteiger partial charge is 0.475 e. The zero-order chi connectivity index (χ0) is 11.2. The molecule has 15 heavy (non-hydrogen) atoms. The maximum absolute atomic E-state index is 10.8. The van der Waals surface area contributed by atoms with Crippen LogP contribution in [0.4, 0.5) is 0 Å². The number of carboxylic acids is 1. The molecule has 1 N–H and O–H groups in total. The van der Waals surface area contributed by atoms with Crippen molar-refractivity contribution in [3.05, 3.63) is 34.0 Å². The quantitative estimate of drug-likeness (QED) is 0.808. The second kappa shape index (κ2) is 3.28. The maximum Gasteiger partial charge on any atom is 0.373 e. The van der Waals surface area contributed by atoms with E-state index >= 15 is 0 Å². The fourth-order valence-electron chi connectivity index (χ4n) is 1.70. The first-order valence-corrected chi connectivity index (χ1v) is 4.81. The lowest BCUT2D eigenvalue weighted by atomic mass is 10.1. The van der Waals surface area contributed by atoms with Crippen LogP contribution in [0.3, 0.4) is 0 Å². The predicted octanol–water partition coefficient (Wildman–Crippen LogP) is 3.40. The fourth-order valence-corrected chi connectivity index (χ4v) is 2.06. The summed E-state index contributed by atoms with van der Waals surface area (Å²) in [5, 5.41) is 9.70. The van der Waals surface area contributed by atoms with E-state index in [4.69, 9.17) is 21.1 Å². The molecule has 0 bridgehead atoms. The third-order valence-corrected chi connectivity index (χ3v) is 2.63. The molecule has 0 spiro atoms. The minimum Gasteiger partial charge on any atom is -0.475 e. The van der Waals surface area contributed by atoms with Crippen molar-refractivity contribution in [2.24, 2.45) is 0 Å². The third-order valence-electron chi connectivity index (χ3n) is 2.27. The number of halogens is 1. The maximum atomic E-state index is 10.8. The lowest BCUT2D eigenvalue weighted by molar-refractivity contribution is 0.0665. The van der Waals surface area contributed by atoms with Gasteiger partial charge in [-0.2, -0.15) is 0 Å². The summed E-state index contributed by atoms with van der Waals surface area (Å²) >= 11 is 5.94. The van der Waals surface area contributed by atoms with Crippen LogP contribution >= 0.6 is 11.6 Å². The Balaban J connectivity index is 2.88. The molecular weight excluding hydrogens is 216 g/mol. The highest BCUT2D eigenvalue weighted by molar-refractivity contribution is 6.38. The standard InChI is InChI=1S/C11H9ClO3/c1-5-3-6(2)8-7(4-5)15-10(9(8)12)11(13)14/h3-4H,1-2H3,(H,13,14). The topological polar surface area (TPSA) is 50.4 Å². The molecule has 4 heteroatoms. The van der Waals surface area contributed by atoms with Gasteiger partial charge in [0.15, 0.2) is 0 Å². The van der Waals surface area contributed by atoms with E-state index in [-0.39, 0.29) is 10.8 Å². The molecule has 78 valence electrons. The van der Waals surface area contributed by atoms with Crippen LogP contribution < -0.4 is 0 Å². The fraction of sp³-hybridized carbons (Fsp3) is 0.182. The van der Waals surface area contributed by atoms with E-state index in [0.717, 1.165) is 11.1 Å². The lowest BCUT2D eigenvalue weighted by Gasteiger charge is -1.97. The van der Waals surface area contributed by atoms with Gasteiger partial charge in [-0.3, -0.25) is 0 Å². The zero-order valence-electron chi connectivity index (χ0n) is 8.30. The van der Waals surface area contributed by atoms with Gasteiger partial charge in [-0.05, 0) is 31.0 Å². The van der Waals surface area contributed by atoms with Crippen LogP contribution in [-0.4, -0.2) is 11.1 Å². The molecule has 0 radical (unpaired) electrons. The second-order valence-electron chi connectivity index (χ2n) is 3.51. The Bertz CT molecular complexity index is 554. The molecule has 1 aromatic heterocycles. The summed E-state index contributed by atoms with van der Waals surface area (Å²) in [6, 6.07) is 3.72. The third kappa shape index (κ3) is 1.49. The molecule has 2 aromatic rings. The van der Waals surface area contributed by atoms with Crippen LogP contribution in [-0.2, 0) is 0 Å². The molecule has 0 aliphatic rings. The van der Waals surface area contributed by atoms with Crippen LogP contribution in [0.1, 0.15) is 21.7 Å². The number of rotatable bonds is 1. The van der Waals surface area contributed by atoms with Crippen molar-refractivity contribution >= 4 is 28.5 Å². The van der Waals surface area contributed by atoms with Gasteiger partial charge in [-0.15, -0.1) is 0 Å². The van der Waals surface area contributed by atoms with Gasteiger partial charge in [0, 0.05) is 5.39 Å². The first-order valence-electron chi connectivity index (χ1n) is 4.43. The summed E-state index contributed by atoms with van der Waals surface area (Å²) < 4.78 is 5.19. The highest BCUT2D eigenvalue weighted by Gasteiger charge is 2.19. The lowest BCUT2D eigenvalue weighted by Crippen LogP contribution is -1.93. The van der Waals surface area contributed by atoms with E-state index < -0.39 is 5.97 Å². The molecule has 0 aliphatic heterocycles. The SMILES string of the molecule is Cc1cc(C)c2c(Cl)c(C(=O)O)oc2c1. The monoisotopic (exact) mass is 224 g/mol. The molecule has 0 atom stereocenters. The molecule has 2 rings (SSSR count). The molecule has 0 aliphatic carbocycles. The number of carbonyl (C=O) groups is 1. The molecule has 1 heterocycles. The predicted molar refractivity (Wildman–Crippen MR) is 57.7 cm³/mol. The van der Waals surface area contributed by atoms with E-state index in [1.165, 1.54) is 0 Å². The molecule has 0 saturated heterocycles. The highest BCUT2D eigenvalue weighted by Crippen LogP contribution is 2.33. The summed E-state index contributed by atoms with van der Waals surface area (Å²) in [4.78, 5) is 10.8.